The second-order valence-electron chi connectivity index (χ2n) is 8.69. The van der Waals surface area contributed by atoms with E-state index in [1.54, 1.807) is 17.1 Å². The van der Waals surface area contributed by atoms with Gasteiger partial charge in [0.15, 0.2) is 5.65 Å². The first-order valence-corrected chi connectivity index (χ1v) is 11.2. The van der Waals surface area contributed by atoms with Gasteiger partial charge in [0.05, 0.1) is 17.6 Å². The van der Waals surface area contributed by atoms with Gasteiger partial charge in [0.2, 0.25) is 5.43 Å². The number of carbonyl (C=O) groups is 1. The van der Waals surface area contributed by atoms with E-state index in [9.17, 15) is 35.9 Å². The molecule has 1 aliphatic rings. The van der Waals surface area contributed by atoms with E-state index in [4.69, 9.17) is 0 Å². The molecule has 0 bridgehead atoms. The number of hydrogen-bond acceptors (Lipinski definition) is 4. The highest BCUT2D eigenvalue weighted by molar-refractivity contribution is 5.97. The number of nitrogens with zero attached hydrogens (tertiary/aromatic N) is 3. The van der Waals surface area contributed by atoms with Gasteiger partial charge in [0.25, 0.3) is 5.91 Å². The fourth-order valence-electron chi connectivity index (χ4n) is 4.31. The smallest absolute Gasteiger partial charge is 0.351 e. The van der Waals surface area contributed by atoms with Crippen molar-refractivity contribution in [3.8, 4) is 5.69 Å². The number of rotatable bonds is 5. The van der Waals surface area contributed by atoms with Gasteiger partial charge >= 0.3 is 6.18 Å². The highest BCUT2D eigenvalue weighted by atomic mass is 19.4. The first kappa shape index (κ1) is 25.5. The number of amides is 1. The molecule has 192 valence electrons. The number of nitrogens with one attached hydrogen (secondary N) is 1. The van der Waals surface area contributed by atoms with Crippen LogP contribution < -0.4 is 15.6 Å². The van der Waals surface area contributed by atoms with Crippen molar-refractivity contribution in [1.82, 2.24) is 14.9 Å². The second kappa shape index (κ2) is 9.47. The lowest BCUT2D eigenvalue weighted by molar-refractivity contribution is -0.153. The van der Waals surface area contributed by atoms with Gasteiger partial charge in [-0.15, -0.1) is 0 Å². The van der Waals surface area contributed by atoms with E-state index in [-0.39, 0.29) is 41.5 Å². The van der Waals surface area contributed by atoms with Crippen LogP contribution in [-0.2, 0) is 0 Å². The van der Waals surface area contributed by atoms with Gasteiger partial charge in [-0.2, -0.15) is 13.2 Å². The van der Waals surface area contributed by atoms with Crippen LogP contribution in [0.5, 0.6) is 0 Å². The van der Waals surface area contributed by atoms with E-state index in [0.29, 0.717) is 6.07 Å². The number of fused-ring (bicyclic) bond motifs is 1. The molecule has 0 radical (unpaired) electrons. The van der Waals surface area contributed by atoms with Crippen molar-refractivity contribution in [2.75, 3.05) is 11.4 Å². The Morgan fingerprint density at radius 1 is 1.22 bits per heavy atom. The van der Waals surface area contributed by atoms with Crippen LogP contribution in [0.1, 0.15) is 37.0 Å². The van der Waals surface area contributed by atoms with Crippen LogP contribution in [0.15, 0.2) is 41.3 Å². The van der Waals surface area contributed by atoms with Crippen molar-refractivity contribution in [1.29, 1.82) is 0 Å². The van der Waals surface area contributed by atoms with E-state index >= 15 is 0 Å². The lowest BCUT2D eigenvalue weighted by Crippen LogP contribution is -2.46. The molecule has 1 saturated heterocycles. The average molecular weight is 512 g/mol. The number of halogens is 6. The van der Waals surface area contributed by atoms with E-state index in [1.807, 2.05) is 0 Å². The number of hydrogen-bond donors (Lipinski definition) is 1. The topological polar surface area (TPSA) is 67.2 Å². The first-order valence-electron chi connectivity index (χ1n) is 11.2. The van der Waals surface area contributed by atoms with Gasteiger partial charge < -0.3 is 10.2 Å². The van der Waals surface area contributed by atoms with Crippen molar-refractivity contribution in [2.24, 2.45) is 0 Å². The summed E-state index contributed by atoms with van der Waals surface area (Å²) >= 11 is 0. The van der Waals surface area contributed by atoms with E-state index in [1.165, 1.54) is 19.1 Å². The van der Waals surface area contributed by atoms with Crippen LogP contribution in [0.3, 0.4) is 0 Å². The fraction of sp³-hybridized carbons (Fsp3) is 0.375. The van der Waals surface area contributed by atoms with Crippen LogP contribution in [0.25, 0.3) is 16.7 Å². The number of aromatic nitrogens is 2. The van der Waals surface area contributed by atoms with Gasteiger partial charge in [-0.25, -0.2) is 18.2 Å². The Morgan fingerprint density at radius 2 is 1.94 bits per heavy atom. The number of benzene rings is 1. The molecule has 0 spiro atoms. The molecule has 36 heavy (non-hydrogen) atoms. The zero-order chi connectivity index (χ0) is 26.4. The minimum atomic E-state index is -4.75. The summed E-state index contributed by atoms with van der Waals surface area (Å²) in [5.74, 6) is -2.96. The number of pyridine rings is 2. The lowest BCUT2D eigenvalue weighted by Gasteiger charge is -2.23. The third kappa shape index (κ3) is 4.76. The van der Waals surface area contributed by atoms with E-state index in [2.05, 4.69) is 4.98 Å². The Kier molecular flexibility index (Phi) is 6.72. The minimum absolute atomic E-state index is 0.0468. The molecule has 3 aromatic rings. The van der Waals surface area contributed by atoms with Gasteiger partial charge in [-0.05, 0) is 37.6 Å². The molecule has 4 rings (SSSR count). The number of anilines is 1. The molecule has 2 aromatic heterocycles. The molecule has 1 N–H and O–H groups in total. The Hall–Kier alpha value is -3.57. The highest BCUT2D eigenvalue weighted by Gasteiger charge is 2.40. The summed E-state index contributed by atoms with van der Waals surface area (Å²) in [6.45, 7) is 3.05. The van der Waals surface area contributed by atoms with Gasteiger partial charge in [-0.3, -0.25) is 14.2 Å². The number of carbonyl (C=O) groups excluding carboxylic acids is 1. The Balaban J connectivity index is 1.92. The first-order chi connectivity index (χ1) is 16.9. The monoisotopic (exact) mass is 512 g/mol. The maximum absolute atomic E-state index is 14.8. The summed E-state index contributed by atoms with van der Waals surface area (Å²) < 4.78 is 82.9. The minimum Gasteiger partial charge on any atom is -0.351 e. The van der Waals surface area contributed by atoms with Gasteiger partial charge in [-0.1, -0.05) is 6.92 Å². The molecular formula is C24H22F6N4O2. The van der Waals surface area contributed by atoms with Crippen LogP contribution in [0.2, 0.25) is 0 Å². The van der Waals surface area contributed by atoms with Crippen molar-refractivity contribution in [2.45, 2.75) is 51.1 Å². The normalized spacial score (nSPS) is 19.1. The molecule has 6 nitrogen and oxygen atoms in total. The quantitative estimate of drug-likeness (QED) is 0.505. The molecular weight excluding hydrogens is 490 g/mol. The third-order valence-corrected chi connectivity index (χ3v) is 6.18. The molecule has 1 amide bonds. The fourth-order valence-corrected chi connectivity index (χ4v) is 4.31. The molecule has 3 heterocycles. The SMILES string of the molecule is CC[C@@H](NC(=O)c1cn(-c2ccc(F)cc2F)c2nc(N3C[C@@H](F)C[C@H]3C)ccc2c1=O)C(F)(F)F. The Morgan fingerprint density at radius 3 is 2.53 bits per heavy atom. The molecule has 3 atom stereocenters. The third-order valence-electron chi connectivity index (χ3n) is 6.18. The van der Waals surface area contributed by atoms with Gasteiger partial charge in [0, 0.05) is 24.7 Å². The predicted octanol–water partition coefficient (Wildman–Crippen LogP) is 4.67. The van der Waals surface area contributed by atoms with Crippen LogP contribution in [0.4, 0.5) is 32.2 Å². The molecule has 0 saturated carbocycles. The zero-order valence-electron chi connectivity index (χ0n) is 19.2. The van der Waals surface area contributed by atoms with Crippen LogP contribution in [-0.4, -0.2) is 46.4 Å². The van der Waals surface area contributed by atoms with Crippen LogP contribution in [0, 0.1) is 11.6 Å². The van der Waals surface area contributed by atoms with Crippen LogP contribution >= 0.6 is 0 Å². The maximum atomic E-state index is 14.8. The second-order valence-corrected chi connectivity index (χ2v) is 8.69. The lowest BCUT2D eigenvalue weighted by atomic mass is 10.1. The summed E-state index contributed by atoms with van der Waals surface area (Å²) in [6, 6.07) is 2.87. The Bertz CT molecular complexity index is 1370. The molecule has 1 aromatic carbocycles. The predicted molar refractivity (Wildman–Crippen MR) is 121 cm³/mol. The molecule has 1 fully saturated rings. The van der Waals surface area contributed by atoms with Crippen molar-refractivity contribution >= 4 is 22.8 Å². The van der Waals surface area contributed by atoms with Crippen molar-refractivity contribution in [3.63, 3.8) is 0 Å². The van der Waals surface area contributed by atoms with E-state index < -0.39 is 53.3 Å². The molecule has 12 heteroatoms. The standard InChI is InChI=1S/C24H22F6N4O2/c1-3-19(24(28,29)30)31-23(36)16-11-34(18-6-4-13(25)9-17(18)27)22-15(21(16)35)5-7-20(32-22)33-10-14(26)8-12(33)2/h4-7,9,11-12,14,19H,3,8,10H2,1-2H3,(H,31,36)/t12-,14+,19-/m1/s1. The maximum Gasteiger partial charge on any atom is 0.408 e. The van der Waals surface area contributed by atoms with E-state index in [0.717, 1.165) is 22.9 Å². The summed E-state index contributed by atoms with van der Waals surface area (Å²) in [6.07, 6.45) is -5.18. The van der Waals surface area contributed by atoms with Gasteiger partial charge in [0.1, 0.15) is 35.2 Å². The summed E-state index contributed by atoms with van der Waals surface area (Å²) in [4.78, 5) is 32.0. The highest BCUT2D eigenvalue weighted by Crippen LogP contribution is 2.28. The zero-order valence-corrected chi connectivity index (χ0v) is 19.2. The summed E-state index contributed by atoms with van der Waals surface area (Å²) in [5, 5.41) is 1.61. The van der Waals surface area contributed by atoms with Crippen molar-refractivity contribution < 1.29 is 31.1 Å². The molecule has 1 aliphatic heterocycles. The number of alkyl halides is 4. The average Bonchev–Trinajstić information content (AvgIpc) is 3.14. The molecule has 0 aliphatic carbocycles. The largest absolute Gasteiger partial charge is 0.408 e. The van der Waals surface area contributed by atoms with Crippen molar-refractivity contribution in [3.05, 3.63) is 63.9 Å². The summed E-state index contributed by atoms with van der Waals surface area (Å²) in [7, 11) is 0. The Labute approximate surface area is 201 Å². The molecule has 0 unspecified atom stereocenters. The summed E-state index contributed by atoms with van der Waals surface area (Å²) in [5.41, 5.74) is -2.02.